The predicted octanol–water partition coefficient (Wildman–Crippen LogP) is 0.536. The standard InChI is InChI=1S/C10H17N3O2/c1-7(11)5-15-6-8-3-9(12)10(14-2)13-4-8/h3-4,7H,5-6,11-12H2,1-2H3/t7-/m1/s1. The Morgan fingerprint density at radius 2 is 2.27 bits per heavy atom. The summed E-state index contributed by atoms with van der Waals surface area (Å²) in [7, 11) is 1.53. The molecule has 0 saturated heterocycles. The van der Waals surface area contributed by atoms with Gasteiger partial charge in [-0.05, 0) is 18.6 Å². The van der Waals surface area contributed by atoms with Gasteiger partial charge in [-0.15, -0.1) is 0 Å². The molecule has 4 N–H and O–H groups in total. The molecule has 1 aromatic rings. The number of anilines is 1. The SMILES string of the molecule is COc1ncc(COC[C@@H](C)N)cc1N. The van der Waals surface area contributed by atoms with Gasteiger partial charge in [-0.25, -0.2) is 4.98 Å². The molecule has 15 heavy (non-hydrogen) atoms. The Balaban J connectivity index is 2.52. The van der Waals surface area contributed by atoms with E-state index in [1.165, 1.54) is 7.11 Å². The van der Waals surface area contributed by atoms with E-state index in [-0.39, 0.29) is 6.04 Å². The molecule has 1 aromatic heterocycles. The Labute approximate surface area is 89.4 Å². The van der Waals surface area contributed by atoms with Crippen LogP contribution in [0.5, 0.6) is 5.88 Å². The first-order valence-electron chi connectivity index (χ1n) is 4.75. The minimum atomic E-state index is 0.0357. The number of nitrogen functional groups attached to an aromatic ring is 1. The predicted molar refractivity (Wildman–Crippen MR) is 58.5 cm³/mol. The van der Waals surface area contributed by atoms with Gasteiger partial charge in [0, 0.05) is 12.2 Å². The van der Waals surface area contributed by atoms with Gasteiger partial charge in [-0.1, -0.05) is 0 Å². The van der Waals surface area contributed by atoms with Gasteiger partial charge in [-0.3, -0.25) is 0 Å². The maximum absolute atomic E-state index is 5.70. The number of hydrogen-bond acceptors (Lipinski definition) is 5. The molecule has 0 saturated carbocycles. The average molecular weight is 211 g/mol. The monoisotopic (exact) mass is 211 g/mol. The summed E-state index contributed by atoms with van der Waals surface area (Å²) in [6.45, 7) is 2.87. The number of hydrogen-bond donors (Lipinski definition) is 2. The number of aromatic nitrogens is 1. The molecule has 0 spiro atoms. The second-order valence-corrected chi connectivity index (χ2v) is 3.43. The fourth-order valence-electron chi connectivity index (χ4n) is 1.13. The second-order valence-electron chi connectivity index (χ2n) is 3.43. The molecule has 1 rings (SSSR count). The van der Waals surface area contributed by atoms with Gasteiger partial charge in [0.25, 0.3) is 0 Å². The Bertz CT molecular complexity index is 316. The molecule has 0 fully saturated rings. The van der Waals surface area contributed by atoms with Crippen LogP contribution in [0.2, 0.25) is 0 Å². The summed E-state index contributed by atoms with van der Waals surface area (Å²) in [5.74, 6) is 0.436. The van der Waals surface area contributed by atoms with Crippen LogP contribution in [0.25, 0.3) is 0 Å². The van der Waals surface area contributed by atoms with Crippen LogP contribution in [-0.2, 0) is 11.3 Å². The van der Waals surface area contributed by atoms with Gasteiger partial charge in [0.1, 0.15) is 0 Å². The molecule has 5 nitrogen and oxygen atoms in total. The quantitative estimate of drug-likeness (QED) is 0.742. The van der Waals surface area contributed by atoms with Crippen molar-refractivity contribution in [1.29, 1.82) is 0 Å². The van der Waals surface area contributed by atoms with Crippen LogP contribution in [0.3, 0.4) is 0 Å². The van der Waals surface area contributed by atoms with Crippen molar-refractivity contribution in [2.75, 3.05) is 19.5 Å². The highest BCUT2D eigenvalue weighted by molar-refractivity contribution is 5.49. The van der Waals surface area contributed by atoms with Gasteiger partial charge in [0.2, 0.25) is 5.88 Å². The smallest absolute Gasteiger partial charge is 0.236 e. The lowest BCUT2D eigenvalue weighted by Crippen LogP contribution is -2.21. The van der Waals surface area contributed by atoms with Crippen molar-refractivity contribution in [2.24, 2.45) is 5.73 Å². The molecule has 5 heteroatoms. The first-order valence-corrected chi connectivity index (χ1v) is 4.75. The second kappa shape index (κ2) is 5.53. The van der Waals surface area contributed by atoms with Crippen molar-refractivity contribution >= 4 is 5.69 Å². The summed E-state index contributed by atoms with van der Waals surface area (Å²) in [5, 5.41) is 0. The van der Waals surface area contributed by atoms with Crippen LogP contribution in [0.1, 0.15) is 12.5 Å². The molecule has 0 amide bonds. The van der Waals surface area contributed by atoms with Crippen LogP contribution >= 0.6 is 0 Å². The Morgan fingerprint density at radius 1 is 1.53 bits per heavy atom. The van der Waals surface area contributed by atoms with Crippen molar-refractivity contribution in [3.8, 4) is 5.88 Å². The fourth-order valence-corrected chi connectivity index (χ4v) is 1.13. The zero-order valence-corrected chi connectivity index (χ0v) is 9.06. The molecule has 0 bridgehead atoms. The van der Waals surface area contributed by atoms with E-state index in [0.717, 1.165) is 5.56 Å². The summed E-state index contributed by atoms with van der Waals surface area (Å²) in [5.41, 5.74) is 12.7. The van der Waals surface area contributed by atoms with Crippen LogP contribution in [0, 0.1) is 0 Å². The number of rotatable bonds is 5. The zero-order valence-electron chi connectivity index (χ0n) is 9.06. The van der Waals surface area contributed by atoms with Crippen molar-refractivity contribution < 1.29 is 9.47 Å². The molecular weight excluding hydrogens is 194 g/mol. The van der Waals surface area contributed by atoms with Crippen LogP contribution < -0.4 is 16.2 Å². The number of ether oxygens (including phenoxy) is 2. The summed E-state index contributed by atoms with van der Waals surface area (Å²) in [4.78, 5) is 4.04. The fraction of sp³-hybridized carbons (Fsp3) is 0.500. The topological polar surface area (TPSA) is 83.4 Å². The highest BCUT2D eigenvalue weighted by Crippen LogP contribution is 2.18. The van der Waals surface area contributed by atoms with Crippen molar-refractivity contribution in [1.82, 2.24) is 4.98 Å². The molecule has 84 valence electrons. The molecular formula is C10H17N3O2. The summed E-state index contributed by atoms with van der Waals surface area (Å²) in [6, 6.07) is 1.82. The lowest BCUT2D eigenvalue weighted by atomic mass is 10.3. The van der Waals surface area contributed by atoms with Gasteiger partial charge < -0.3 is 20.9 Å². The third-order valence-electron chi connectivity index (χ3n) is 1.78. The molecule has 0 aliphatic rings. The number of nitrogens with zero attached hydrogens (tertiary/aromatic N) is 1. The summed E-state index contributed by atoms with van der Waals surface area (Å²) in [6.07, 6.45) is 1.68. The third-order valence-corrected chi connectivity index (χ3v) is 1.78. The molecule has 0 radical (unpaired) electrons. The Morgan fingerprint density at radius 3 is 2.80 bits per heavy atom. The first kappa shape index (κ1) is 11.7. The molecule has 1 heterocycles. The van der Waals surface area contributed by atoms with E-state index in [9.17, 15) is 0 Å². The van der Waals surface area contributed by atoms with Crippen LogP contribution in [0.4, 0.5) is 5.69 Å². The zero-order chi connectivity index (χ0) is 11.3. The third kappa shape index (κ3) is 3.73. The Hall–Kier alpha value is -1.33. The molecule has 0 aliphatic heterocycles. The van der Waals surface area contributed by atoms with Crippen molar-refractivity contribution in [3.05, 3.63) is 17.8 Å². The van der Waals surface area contributed by atoms with Gasteiger partial charge in [0.15, 0.2) is 0 Å². The van der Waals surface area contributed by atoms with Gasteiger partial charge in [0.05, 0.1) is 26.0 Å². The minimum Gasteiger partial charge on any atom is -0.480 e. The lowest BCUT2D eigenvalue weighted by Gasteiger charge is -2.08. The van der Waals surface area contributed by atoms with Crippen molar-refractivity contribution in [3.63, 3.8) is 0 Å². The highest BCUT2D eigenvalue weighted by Gasteiger charge is 2.02. The highest BCUT2D eigenvalue weighted by atomic mass is 16.5. The first-order chi connectivity index (χ1) is 7.13. The average Bonchev–Trinajstić information content (AvgIpc) is 2.17. The maximum Gasteiger partial charge on any atom is 0.236 e. The van der Waals surface area contributed by atoms with Crippen LogP contribution in [-0.4, -0.2) is 24.7 Å². The molecule has 1 atom stereocenters. The number of methoxy groups -OCH3 is 1. The van der Waals surface area contributed by atoms with E-state index in [0.29, 0.717) is 24.8 Å². The largest absolute Gasteiger partial charge is 0.480 e. The van der Waals surface area contributed by atoms with Gasteiger partial charge >= 0.3 is 0 Å². The van der Waals surface area contributed by atoms with Gasteiger partial charge in [-0.2, -0.15) is 0 Å². The van der Waals surface area contributed by atoms with E-state index >= 15 is 0 Å². The molecule has 0 aromatic carbocycles. The number of pyridine rings is 1. The van der Waals surface area contributed by atoms with E-state index in [2.05, 4.69) is 4.98 Å². The van der Waals surface area contributed by atoms with Crippen molar-refractivity contribution in [2.45, 2.75) is 19.6 Å². The van der Waals surface area contributed by atoms with E-state index in [1.807, 2.05) is 6.92 Å². The lowest BCUT2D eigenvalue weighted by molar-refractivity contribution is 0.111. The molecule has 0 unspecified atom stereocenters. The van der Waals surface area contributed by atoms with E-state index in [1.54, 1.807) is 12.3 Å². The summed E-state index contributed by atoms with van der Waals surface area (Å²) >= 11 is 0. The van der Waals surface area contributed by atoms with Crippen LogP contribution in [0.15, 0.2) is 12.3 Å². The van der Waals surface area contributed by atoms with E-state index < -0.39 is 0 Å². The normalized spacial score (nSPS) is 12.5. The molecule has 0 aliphatic carbocycles. The summed E-state index contributed by atoms with van der Waals surface area (Å²) < 4.78 is 10.3. The minimum absolute atomic E-state index is 0.0357. The maximum atomic E-state index is 5.70. The Kier molecular flexibility index (Phi) is 4.33. The van der Waals surface area contributed by atoms with E-state index in [4.69, 9.17) is 20.9 Å². The number of nitrogens with two attached hydrogens (primary N) is 2.